The Labute approximate surface area is 112 Å². The summed E-state index contributed by atoms with van der Waals surface area (Å²) in [7, 11) is 0. The molecule has 0 aliphatic rings. The Balaban J connectivity index is 3.14. The van der Waals surface area contributed by atoms with Crippen LogP contribution in [0.15, 0.2) is 30.0 Å². The summed E-state index contributed by atoms with van der Waals surface area (Å²) in [6.45, 7) is 5.90. The van der Waals surface area contributed by atoms with E-state index in [4.69, 9.17) is 5.26 Å². The summed E-state index contributed by atoms with van der Waals surface area (Å²) in [5.74, 6) is -1.16. The molecule has 19 heavy (non-hydrogen) atoms. The summed E-state index contributed by atoms with van der Waals surface area (Å²) in [6, 6.07) is 9.00. The molecule has 1 aromatic carbocycles. The van der Waals surface area contributed by atoms with Crippen molar-refractivity contribution in [2.45, 2.75) is 26.7 Å². The molecule has 0 heterocycles. The molecule has 0 aliphatic heterocycles. The van der Waals surface area contributed by atoms with Crippen LogP contribution in [0.5, 0.6) is 0 Å². The maximum atomic E-state index is 11.4. The third-order valence-corrected chi connectivity index (χ3v) is 2.68. The second kappa shape index (κ2) is 6.60. The van der Waals surface area contributed by atoms with E-state index in [0.717, 1.165) is 5.56 Å². The Hall–Kier alpha value is -2.28. The van der Waals surface area contributed by atoms with E-state index >= 15 is 0 Å². The van der Waals surface area contributed by atoms with Gasteiger partial charge in [-0.3, -0.25) is 0 Å². The zero-order valence-corrected chi connectivity index (χ0v) is 11.3. The Bertz CT molecular complexity index is 521. The van der Waals surface area contributed by atoms with E-state index < -0.39 is 11.7 Å². The standard InChI is InChI=1S/C15H17NO3/c1-4-19-15(18)14(17)13(9-16)12-7-5-11(6-8-12)10(2)3/h5-8,10,17H,4H2,1-3H3. The van der Waals surface area contributed by atoms with E-state index in [1.807, 2.05) is 18.2 Å². The summed E-state index contributed by atoms with van der Waals surface area (Å²) >= 11 is 0. The van der Waals surface area contributed by atoms with E-state index in [9.17, 15) is 9.90 Å². The molecule has 4 nitrogen and oxygen atoms in total. The lowest BCUT2D eigenvalue weighted by molar-refractivity contribution is -0.141. The lowest BCUT2D eigenvalue weighted by atomic mass is 9.98. The van der Waals surface area contributed by atoms with Crippen LogP contribution in [0.1, 0.15) is 37.8 Å². The quantitative estimate of drug-likeness (QED) is 0.390. The van der Waals surface area contributed by atoms with E-state index in [2.05, 4.69) is 18.6 Å². The fourth-order valence-electron chi connectivity index (χ4n) is 1.59. The van der Waals surface area contributed by atoms with Gasteiger partial charge in [-0.2, -0.15) is 5.26 Å². The number of ether oxygens (including phenoxy) is 1. The zero-order valence-electron chi connectivity index (χ0n) is 11.3. The molecule has 100 valence electrons. The van der Waals surface area contributed by atoms with E-state index in [1.54, 1.807) is 19.1 Å². The van der Waals surface area contributed by atoms with Crippen LogP contribution in [0, 0.1) is 11.3 Å². The molecule has 0 aromatic heterocycles. The molecule has 0 spiro atoms. The summed E-state index contributed by atoms with van der Waals surface area (Å²) in [6.07, 6.45) is 0. The fraction of sp³-hybridized carbons (Fsp3) is 0.333. The van der Waals surface area contributed by atoms with Gasteiger partial charge in [0.25, 0.3) is 0 Å². The van der Waals surface area contributed by atoms with Gasteiger partial charge in [0.15, 0.2) is 0 Å². The van der Waals surface area contributed by atoms with Gasteiger partial charge >= 0.3 is 5.97 Å². The first-order valence-electron chi connectivity index (χ1n) is 6.12. The molecule has 0 fully saturated rings. The average molecular weight is 259 g/mol. The Morgan fingerprint density at radius 2 is 1.95 bits per heavy atom. The average Bonchev–Trinajstić information content (AvgIpc) is 2.40. The van der Waals surface area contributed by atoms with Gasteiger partial charge in [0.2, 0.25) is 5.76 Å². The number of carbonyl (C=O) groups is 1. The lowest BCUT2D eigenvalue weighted by Gasteiger charge is -2.07. The van der Waals surface area contributed by atoms with Crippen molar-refractivity contribution in [2.75, 3.05) is 6.61 Å². The Morgan fingerprint density at radius 1 is 1.37 bits per heavy atom. The highest BCUT2D eigenvalue weighted by Crippen LogP contribution is 2.21. The summed E-state index contributed by atoms with van der Waals surface area (Å²) < 4.78 is 4.67. The van der Waals surface area contributed by atoms with Crippen LogP contribution in [0.3, 0.4) is 0 Å². The number of nitrogens with zero attached hydrogens (tertiary/aromatic N) is 1. The highest BCUT2D eigenvalue weighted by Gasteiger charge is 2.17. The number of allylic oxidation sites excluding steroid dienone is 1. The van der Waals surface area contributed by atoms with Crippen LogP contribution in [0.4, 0.5) is 0 Å². The van der Waals surface area contributed by atoms with Crippen LogP contribution in [0.2, 0.25) is 0 Å². The molecule has 0 amide bonds. The number of aliphatic hydroxyl groups is 1. The van der Waals surface area contributed by atoms with Gasteiger partial charge < -0.3 is 9.84 Å². The number of carbonyl (C=O) groups excluding carboxylic acids is 1. The molecular weight excluding hydrogens is 242 g/mol. The highest BCUT2D eigenvalue weighted by molar-refractivity contribution is 5.98. The third-order valence-electron chi connectivity index (χ3n) is 2.68. The number of hydrogen-bond donors (Lipinski definition) is 1. The maximum Gasteiger partial charge on any atom is 0.374 e. The van der Waals surface area contributed by atoms with Crippen molar-refractivity contribution in [1.29, 1.82) is 5.26 Å². The first kappa shape index (κ1) is 14.8. The number of rotatable bonds is 4. The molecule has 0 bridgehead atoms. The van der Waals surface area contributed by atoms with E-state index in [0.29, 0.717) is 11.5 Å². The van der Waals surface area contributed by atoms with Crippen LogP contribution in [-0.4, -0.2) is 17.7 Å². The van der Waals surface area contributed by atoms with Crippen molar-refractivity contribution in [2.24, 2.45) is 0 Å². The fourth-order valence-corrected chi connectivity index (χ4v) is 1.59. The minimum atomic E-state index is -0.882. The Morgan fingerprint density at radius 3 is 2.37 bits per heavy atom. The number of hydrogen-bond acceptors (Lipinski definition) is 4. The van der Waals surface area contributed by atoms with Crippen LogP contribution >= 0.6 is 0 Å². The van der Waals surface area contributed by atoms with Gasteiger partial charge in [-0.25, -0.2) is 4.79 Å². The Kier molecular flexibility index (Phi) is 5.13. The molecule has 1 aromatic rings. The van der Waals surface area contributed by atoms with Gasteiger partial charge in [0.05, 0.1) is 6.61 Å². The van der Waals surface area contributed by atoms with Crippen molar-refractivity contribution < 1.29 is 14.6 Å². The maximum absolute atomic E-state index is 11.4. The molecule has 4 heteroatoms. The van der Waals surface area contributed by atoms with Crippen LogP contribution < -0.4 is 0 Å². The van der Waals surface area contributed by atoms with Crippen LogP contribution in [0.25, 0.3) is 5.57 Å². The van der Waals surface area contributed by atoms with Crippen molar-refractivity contribution >= 4 is 11.5 Å². The molecule has 0 unspecified atom stereocenters. The minimum absolute atomic E-state index is 0.0752. The zero-order chi connectivity index (χ0) is 14.4. The highest BCUT2D eigenvalue weighted by atomic mass is 16.5. The molecule has 0 radical (unpaired) electrons. The second-order valence-electron chi connectivity index (χ2n) is 4.33. The smallest absolute Gasteiger partial charge is 0.374 e. The third kappa shape index (κ3) is 3.59. The molecule has 0 atom stereocenters. The van der Waals surface area contributed by atoms with Gasteiger partial charge in [0.1, 0.15) is 11.6 Å². The number of benzene rings is 1. The van der Waals surface area contributed by atoms with Crippen LogP contribution in [-0.2, 0) is 9.53 Å². The summed E-state index contributed by atoms with van der Waals surface area (Å²) in [4.78, 5) is 11.4. The SMILES string of the molecule is CCOC(=O)C(O)=C(C#N)c1ccc(C(C)C)cc1. The predicted octanol–water partition coefficient (Wildman–Crippen LogP) is 3.17. The normalized spacial score (nSPS) is 11.7. The molecule has 0 aliphatic carbocycles. The monoisotopic (exact) mass is 259 g/mol. The molecular formula is C15H17NO3. The molecule has 0 saturated carbocycles. The lowest BCUT2D eigenvalue weighted by Crippen LogP contribution is -2.09. The van der Waals surface area contributed by atoms with Gasteiger partial charge in [-0.1, -0.05) is 38.1 Å². The summed E-state index contributed by atoms with van der Waals surface area (Å²) in [5.41, 5.74) is 1.54. The van der Waals surface area contributed by atoms with E-state index in [-0.39, 0.29) is 12.2 Å². The minimum Gasteiger partial charge on any atom is -0.501 e. The van der Waals surface area contributed by atoms with E-state index in [1.165, 1.54) is 0 Å². The topological polar surface area (TPSA) is 70.3 Å². The number of aliphatic hydroxyl groups excluding tert-OH is 1. The van der Waals surface area contributed by atoms with Gasteiger partial charge in [0, 0.05) is 0 Å². The molecule has 1 N–H and O–H groups in total. The first-order valence-corrected chi connectivity index (χ1v) is 6.12. The van der Waals surface area contributed by atoms with Crippen molar-refractivity contribution in [3.05, 3.63) is 41.2 Å². The largest absolute Gasteiger partial charge is 0.501 e. The predicted molar refractivity (Wildman–Crippen MR) is 72.3 cm³/mol. The van der Waals surface area contributed by atoms with Crippen molar-refractivity contribution in [3.63, 3.8) is 0 Å². The number of nitriles is 1. The van der Waals surface area contributed by atoms with Gasteiger partial charge in [-0.15, -0.1) is 0 Å². The second-order valence-corrected chi connectivity index (χ2v) is 4.33. The van der Waals surface area contributed by atoms with Crippen molar-refractivity contribution in [3.8, 4) is 6.07 Å². The van der Waals surface area contributed by atoms with Gasteiger partial charge in [-0.05, 0) is 24.0 Å². The molecule has 0 saturated heterocycles. The van der Waals surface area contributed by atoms with Crippen molar-refractivity contribution in [1.82, 2.24) is 0 Å². The number of esters is 1. The summed E-state index contributed by atoms with van der Waals surface area (Å²) in [5, 5.41) is 18.8. The molecule has 1 rings (SSSR count). The first-order chi connectivity index (χ1) is 9.01.